The van der Waals surface area contributed by atoms with Crippen LogP contribution in [0.2, 0.25) is 0 Å². The molecule has 0 saturated carbocycles. The molecule has 0 aromatic carbocycles. The lowest BCUT2D eigenvalue weighted by Crippen LogP contribution is -2.14. The molecule has 0 radical (unpaired) electrons. The van der Waals surface area contributed by atoms with Gasteiger partial charge in [-0.05, 0) is 12.1 Å². The fraction of sp³-hybridized carbons (Fsp3) is 0.267. The van der Waals surface area contributed by atoms with Crippen molar-refractivity contribution in [3.63, 3.8) is 0 Å². The number of nitrogens with one attached hydrogen (secondary N) is 2. The van der Waals surface area contributed by atoms with E-state index in [1.54, 1.807) is 0 Å². The van der Waals surface area contributed by atoms with Crippen molar-refractivity contribution in [2.45, 2.75) is 13.1 Å². The van der Waals surface area contributed by atoms with Crippen LogP contribution in [0.4, 0.5) is 5.95 Å². The minimum absolute atomic E-state index is 0. The maximum Gasteiger partial charge on any atom is 0.225 e. The molecule has 0 spiro atoms. The molecule has 3 aromatic rings. The van der Waals surface area contributed by atoms with E-state index in [0.717, 1.165) is 47.0 Å². The summed E-state index contributed by atoms with van der Waals surface area (Å²) in [5.41, 5.74) is 5.27. The number of rotatable bonds is 2. The van der Waals surface area contributed by atoms with Gasteiger partial charge < -0.3 is 15.2 Å². The van der Waals surface area contributed by atoms with E-state index < -0.39 is 0 Å². The van der Waals surface area contributed by atoms with E-state index in [0.29, 0.717) is 0 Å². The van der Waals surface area contributed by atoms with Crippen LogP contribution in [0.5, 0.6) is 0 Å². The van der Waals surface area contributed by atoms with Crippen molar-refractivity contribution >= 4 is 29.4 Å². The molecule has 114 valence electrons. The van der Waals surface area contributed by atoms with Crippen molar-refractivity contribution in [2.24, 2.45) is 0 Å². The second-order valence-corrected chi connectivity index (χ2v) is 5.39. The maximum absolute atomic E-state index is 4.78. The van der Waals surface area contributed by atoms with Gasteiger partial charge in [0.2, 0.25) is 5.95 Å². The van der Waals surface area contributed by atoms with E-state index >= 15 is 0 Å². The predicted molar refractivity (Wildman–Crippen MR) is 89.2 cm³/mol. The summed E-state index contributed by atoms with van der Waals surface area (Å²) >= 11 is 0. The van der Waals surface area contributed by atoms with Gasteiger partial charge in [-0.1, -0.05) is 0 Å². The molecule has 3 aromatic heterocycles. The fourth-order valence-electron chi connectivity index (χ4n) is 2.75. The number of pyridine rings is 1. The second kappa shape index (κ2) is 5.55. The summed E-state index contributed by atoms with van der Waals surface area (Å²) in [6.45, 7) is 1.61. The Hall–Kier alpha value is -2.18. The Morgan fingerprint density at radius 2 is 2.00 bits per heavy atom. The Balaban J connectivity index is 0.00000144. The number of fused-ring (bicyclic) bond motifs is 2. The highest BCUT2D eigenvalue weighted by molar-refractivity contribution is 5.92. The van der Waals surface area contributed by atoms with Crippen molar-refractivity contribution in [1.82, 2.24) is 25.3 Å². The van der Waals surface area contributed by atoms with Gasteiger partial charge in [0.15, 0.2) is 0 Å². The Labute approximate surface area is 134 Å². The van der Waals surface area contributed by atoms with Crippen molar-refractivity contribution in [3.8, 4) is 11.3 Å². The van der Waals surface area contributed by atoms with Crippen molar-refractivity contribution in [2.75, 3.05) is 19.0 Å². The van der Waals surface area contributed by atoms with Crippen molar-refractivity contribution in [3.05, 3.63) is 35.8 Å². The Kier molecular flexibility index (Phi) is 3.72. The SMILES string of the molecule is CN(C)c1nc2c(c(-c3ccnc4[nH]ccc34)n1)CNC2.Cl. The zero-order valence-corrected chi connectivity index (χ0v) is 13.2. The largest absolute Gasteiger partial charge is 0.347 e. The number of halogens is 1. The van der Waals surface area contributed by atoms with E-state index in [4.69, 9.17) is 4.98 Å². The summed E-state index contributed by atoms with van der Waals surface area (Å²) in [4.78, 5) is 18.9. The van der Waals surface area contributed by atoms with E-state index in [2.05, 4.69) is 20.3 Å². The minimum Gasteiger partial charge on any atom is -0.347 e. The van der Waals surface area contributed by atoms with Crippen LogP contribution in [-0.2, 0) is 13.1 Å². The molecule has 0 saturated heterocycles. The van der Waals surface area contributed by atoms with E-state index in [9.17, 15) is 0 Å². The van der Waals surface area contributed by atoms with E-state index in [1.807, 2.05) is 43.5 Å². The molecule has 0 fully saturated rings. The minimum atomic E-state index is 0. The van der Waals surface area contributed by atoms with Gasteiger partial charge in [0.1, 0.15) is 5.65 Å². The van der Waals surface area contributed by atoms with Crippen LogP contribution in [0, 0.1) is 0 Å². The molecular weight excluding hydrogens is 300 g/mol. The molecule has 4 rings (SSSR count). The van der Waals surface area contributed by atoms with Gasteiger partial charge >= 0.3 is 0 Å². The van der Waals surface area contributed by atoms with Gasteiger partial charge in [-0.3, -0.25) is 0 Å². The summed E-state index contributed by atoms with van der Waals surface area (Å²) in [6, 6.07) is 4.07. The lowest BCUT2D eigenvalue weighted by molar-refractivity contribution is 0.757. The first-order valence-corrected chi connectivity index (χ1v) is 6.94. The van der Waals surface area contributed by atoms with E-state index in [-0.39, 0.29) is 12.4 Å². The van der Waals surface area contributed by atoms with Crippen molar-refractivity contribution in [1.29, 1.82) is 0 Å². The number of H-pyrrole nitrogens is 1. The smallest absolute Gasteiger partial charge is 0.225 e. The molecule has 4 heterocycles. The van der Waals surface area contributed by atoms with Gasteiger partial charge in [-0.2, -0.15) is 0 Å². The van der Waals surface area contributed by atoms with Gasteiger partial charge in [0.05, 0.1) is 11.4 Å². The van der Waals surface area contributed by atoms with Crippen LogP contribution in [0.1, 0.15) is 11.3 Å². The normalized spacial score (nSPS) is 13.0. The highest BCUT2D eigenvalue weighted by Crippen LogP contribution is 2.32. The molecule has 6 nitrogen and oxygen atoms in total. The summed E-state index contributed by atoms with van der Waals surface area (Å²) in [5.74, 6) is 0.743. The third-order valence-electron chi connectivity index (χ3n) is 3.79. The molecule has 2 N–H and O–H groups in total. The standard InChI is InChI=1S/C15H16N6.ClH/c1-21(2)15-19-12-8-16-7-11(12)13(20-15)9-3-5-17-14-10(9)4-6-18-14;/h3-6,16H,7-8H2,1-2H3,(H,17,18);1H. The Morgan fingerprint density at radius 1 is 1.14 bits per heavy atom. The molecule has 0 amide bonds. The third kappa shape index (κ3) is 2.20. The molecule has 0 atom stereocenters. The molecule has 1 aliphatic heterocycles. The quantitative estimate of drug-likeness (QED) is 0.758. The number of aromatic nitrogens is 4. The van der Waals surface area contributed by atoms with Gasteiger partial charge in [-0.25, -0.2) is 15.0 Å². The first-order chi connectivity index (χ1) is 10.2. The third-order valence-corrected chi connectivity index (χ3v) is 3.79. The molecule has 22 heavy (non-hydrogen) atoms. The average molecular weight is 317 g/mol. The number of anilines is 1. The molecule has 0 aliphatic carbocycles. The summed E-state index contributed by atoms with van der Waals surface area (Å²) in [7, 11) is 3.93. The number of aromatic amines is 1. The van der Waals surface area contributed by atoms with Crippen LogP contribution in [0.15, 0.2) is 24.5 Å². The number of hydrogen-bond donors (Lipinski definition) is 2. The molecule has 7 heteroatoms. The lowest BCUT2D eigenvalue weighted by Gasteiger charge is -2.15. The topological polar surface area (TPSA) is 69.7 Å². The van der Waals surface area contributed by atoms with Crippen LogP contribution < -0.4 is 10.2 Å². The summed E-state index contributed by atoms with van der Waals surface area (Å²) in [6.07, 6.45) is 3.73. The predicted octanol–water partition coefficient (Wildman–Crippen LogP) is 2.11. The first kappa shape index (κ1) is 14.7. The maximum atomic E-state index is 4.78. The first-order valence-electron chi connectivity index (χ1n) is 6.94. The monoisotopic (exact) mass is 316 g/mol. The second-order valence-electron chi connectivity index (χ2n) is 5.39. The molecule has 0 bridgehead atoms. The molecular formula is C15H17ClN6. The fourth-order valence-corrected chi connectivity index (χ4v) is 2.75. The summed E-state index contributed by atoms with van der Waals surface area (Å²) < 4.78 is 0. The van der Waals surface area contributed by atoms with Crippen LogP contribution in [-0.4, -0.2) is 34.0 Å². The average Bonchev–Trinajstić information content (AvgIpc) is 3.14. The highest BCUT2D eigenvalue weighted by atomic mass is 35.5. The zero-order valence-electron chi connectivity index (χ0n) is 12.4. The van der Waals surface area contributed by atoms with Gasteiger partial charge in [0.25, 0.3) is 0 Å². The highest BCUT2D eigenvalue weighted by Gasteiger charge is 2.21. The zero-order chi connectivity index (χ0) is 14.4. The Bertz CT molecular complexity index is 826. The number of nitrogens with zero attached hydrogens (tertiary/aromatic N) is 4. The number of hydrogen-bond acceptors (Lipinski definition) is 5. The van der Waals surface area contributed by atoms with Crippen LogP contribution in [0.25, 0.3) is 22.3 Å². The molecule has 0 unspecified atom stereocenters. The summed E-state index contributed by atoms with van der Waals surface area (Å²) in [5, 5.41) is 4.45. The lowest BCUT2D eigenvalue weighted by atomic mass is 10.0. The van der Waals surface area contributed by atoms with E-state index in [1.165, 1.54) is 5.56 Å². The van der Waals surface area contributed by atoms with Crippen LogP contribution >= 0.6 is 12.4 Å². The Morgan fingerprint density at radius 3 is 2.82 bits per heavy atom. The van der Waals surface area contributed by atoms with Crippen molar-refractivity contribution < 1.29 is 0 Å². The van der Waals surface area contributed by atoms with Gasteiger partial charge in [-0.15, -0.1) is 12.4 Å². The van der Waals surface area contributed by atoms with Gasteiger partial charge in [0, 0.05) is 56.1 Å². The molecule has 1 aliphatic rings. The van der Waals surface area contributed by atoms with Crippen LogP contribution in [0.3, 0.4) is 0 Å².